The number of nitrogens with one attached hydrogen (secondary N) is 1. The second-order valence-electron chi connectivity index (χ2n) is 6.46. The van der Waals surface area contributed by atoms with Gasteiger partial charge in [0.25, 0.3) is 0 Å². The van der Waals surface area contributed by atoms with Gasteiger partial charge in [-0.15, -0.1) is 0 Å². The van der Waals surface area contributed by atoms with Crippen LogP contribution in [0.25, 0.3) is 22.2 Å². The number of hydrogen-bond acceptors (Lipinski definition) is 4. The molecule has 2 aromatic carbocycles. The lowest BCUT2D eigenvalue weighted by molar-refractivity contribution is 0.528. The first-order valence-electron chi connectivity index (χ1n) is 8.59. The van der Waals surface area contributed by atoms with E-state index in [-0.39, 0.29) is 17.6 Å². The van der Waals surface area contributed by atoms with Gasteiger partial charge >= 0.3 is 5.76 Å². The van der Waals surface area contributed by atoms with Gasteiger partial charge in [0.15, 0.2) is 5.58 Å². The Morgan fingerprint density at radius 1 is 1.07 bits per heavy atom. The van der Waals surface area contributed by atoms with E-state index in [1.54, 1.807) is 31.4 Å². The van der Waals surface area contributed by atoms with Crippen LogP contribution in [-0.2, 0) is 7.05 Å². The largest absolute Gasteiger partial charge is 0.419 e. The zero-order valence-corrected chi connectivity index (χ0v) is 14.9. The molecule has 1 unspecified atom stereocenters. The van der Waals surface area contributed by atoms with Crippen molar-refractivity contribution in [3.05, 3.63) is 82.7 Å². The molecule has 6 heteroatoms. The maximum atomic E-state index is 13.0. The number of aryl methyl sites for hydroxylation is 1. The fourth-order valence-electron chi connectivity index (χ4n) is 3.01. The third kappa shape index (κ3) is 3.33. The van der Waals surface area contributed by atoms with Gasteiger partial charge in [-0.1, -0.05) is 18.2 Å². The molecule has 0 saturated heterocycles. The SMILES string of the molecule is CC(Nc1ccc(-c2ccc3oc(=O)n(C)c3c2)cn1)c1ccc(F)cc1. The van der Waals surface area contributed by atoms with Crippen LogP contribution in [0, 0.1) is 5.82 Å². The summed E-state index contributed by atoms with van der Waals surface area (Å²) in [6.07, 6.45) is 1.78. The summed E-state index contributed by atoms with van der Waals surface area (Å²) in [5.74, 6) is 0.0995. The molecule has 1 atom stereocenters. The predicted octanol–water partition coefficient (Wildman–Crippen LogP) is 4.51. The van der Waals surface area contributed by atoms with Gasteiger partial charge in [-0.3, -0.25) is 4.57 Å². The summed E-state index contributed by atoms with van der Waals surface area (Å²) in [5.41, 5.74) is 4.17. The van der Waals surface area contributed by atoms with Crippen molar-refractivity contribution in [3.63, 3.8) is 0 Å². The van der Waals surface area contributed by atoms with Gasteiger partial charge < -0.3 is 9.73 Å². The number of aromatic nitrogens is 2. The van der Waals surface area contributed by atoms with Crippen LogP contribution in [0.4, 0.5) is 10.2 Å². The first kappa shape index (κ1) is 17.0. The smallest absolute Gasteiger partial charge is 0.408 e. The molecule has 0 bridgehead atoms. The molecule has 2 aromatic heterocycles. The minimum atomic E-state index is -0.380. The van der Waals surface area contributed by atoms with Crippen molar-refractivity contribution < 1.29 is 8.81 Å². The van der Waals surface area contributed by atoms with Gasteiger partial charge in [0.1, 0.15) is 11.6 Å². The number of oxazole rings is 1. The Bertz CT molecular complexity index is 1140. The molecule has 0 spiro atoms. The van der Waals surface area contributed by atoms with Crippen LogP contribution >= 0.6 is 0 Å². The average Bonchev–Trinajstić information content (AvgIpc) is 2.96. The Morgan fingerprint density at radius 3 is 2.52 bits per heavy atom. The summed E-state index contributed by atoms with van der Waals surface area (Å²) >= 11 is 0. The van der Waals surface area contributed by atoms with Crippen molar-refractivity contribution in [1.29, 1.82) is 0 Å². The van der Waals surface area contributed by atoms with Gasteiger partial charge in [0.2, 0.25) is 0 Å². The number of nitrogens with zero attached hydrogens (tertiary/aromatic N) is 2. The van der Waals surface area contributed by atoms with Gasteiger partial charge in [-0.2, -0.15) is 0 Å². The molecule has 0 aliphatic carbocycles. The summed E-state index contributed by atoms with van der Waals surface area (Å²) in [5, 5.41) is 3.30. The highest BCUT2D eigenvalue weighted by molar-refractivity contribution is 5.80. The van der Waals surface area contributed by atoms with Crippen molar-refractivity contribution in [2.45, 2.75) is 13.0 Å². The van der Waals surface area contributed by atoms with Crippen molar-refractivity contribution in [3.8, 4) is 11.1 Å². The zero-order chi connectivity index (χ0) is 19.0. The Kier molecular flexibility index (Phi) is 4.24. The van der Waals surface area contributed by atoms with E-state index in [9.17, 15) is 9.18 Å². The highest BCUT2D eigenvalue weighted by Gasteiger charge is 2.09. The van der Waals surface area contributed by atoms with E-state index in [1.807, 2.05) is 31.2 Å². The van der Waals surface area contributed by atoms with E-state index >= 15 is 0 Å². The highest BCUT2D eigenvalue weighted by Crippen LogP contribution is 2.25. The van der Waals surface area contributed by atoms with Crippen molar-refractivity contribution in [2.75, 3.05) is 5.32 Å². The van der Waals surface area contributed by atoms with Crippen LogP contribution in [0.3, 0.4) is 0 Å². The number of fused-ring (bicyclic) bond motifs is 1. The Hall–Kier alpha value is -3.41. The standard InChI is InChI=1S/C21H18FN3O2/c1-13(14-3-7-17(22)8-4-14)24-20-10-6-16(12-23-20)15-5-9-19-18(11-15)25(2)21(26)27-19/h3-13H,1-2H3,(H,23,24). The average molecular weight is 363 g/mol. The van der Waals surface area contributed by atoms with Gasteiger partial charge in [0.05, 0.1) is 5.52 Å². The summed E-state index contributed by atoms with van der Waals surface area (Å²) in [7, 11) is 1.68. The summed E-state index contributed by atoms with van der Waals surface area (Å²) < 4.78 is 19.7. The second kappa shape index (κ2) is 6.72. The molecule has 0 aliphatic rings. The molecule has 4 aromatic rings. The van der Waals surface area contributed by atoms with Gasteiger partial charge in [0, 0.05) is 24.8 Å². The number of pyridine rings is 1. The number of anilines is 1. The lowest BCUT2D eigenvalue weighted by Crippen LogP contribution is -2.08. The lowest BCUT2D eigenvalue weighted by Gasteiger charge is -2.15. The van der Waals surface area contributed by atoms with Crippen LogP contribution in [-0.4, -0.2) is 9.55 Å². The van der Waals surface area contributed by atoms with E-state index in [0.717, 1.165) is 28.0 Å². The number of halogens is 1. The number of rotatable bonds is 4. The molecule has 0 saturated carbocycles. The molecule has 4 rings (SSSR count). The topological polar surface area (TPSA) is 60.1 Å². The predicted molar refractivity (Wildman–Crippen MR) is 103 cm³/mol. The van der Waals surface area contributed by atoms with E-state index < -0.39 is 0 Å². The molecule has 5 nitrogen and oxygen atoms in total. The van der Waals surface area contributed by atoms with Crippen LogP contribution in [0.2, 0.25) is 0 Å². The minimum Gasteiger partial charge on any atom is -0.408 e. The first-order chi connectivity index (χ1) is 13.0. The van der Waals surface area contributed by atoms with Gasteiger partial charge in [-0.05, 0) is 54.4 Å². The number of hydrogen-bond donors (Lipinski definition) is 1. The molecule has 136 valence electrons. The third-order valence-electron chi connectivity index (χ3n) is 4.62. The molecular weight excluding hydrogens is 345 g/mol. The molecule has 2 heterocycles. The first-order valence-corrected chi connectivity index (χ1v) is 8.59. The normalized spacial score (nSPS) is 12.3. The molecular formula is C21H18FN3O2. The van der Waals surface area contributed by atoms with Crippen LogP contribution in [0.5, 0.6) is 0 Å². The second-order valence-corrected chi connectivity index (χ2v) is 6.46. The fourth-order valence-corrected chi connectivity index (χ4v) is 3.01. The quantitative estimate of drug-likeness (QED) is 0.580. The Labute approximate surface area is 155 Å². The lowest BCUT2D eigenvalue weighted by atomic mass is 10.1. The molecule has 0 aliphatic heterocycles. The Morgan fingerprint density at radius 2 is 1.81 bits per heavy atom. The third-order valence-corrected chi connectivity index (χ3v) is 4.62. The molecule has 0 radical (unpaired) electrons. The highest BCUT2D eigenvalue weighted by atomic mass is 19.1. The summed E-state index contributed by atoms with van der Waals surface area (Å²) in [4.78, 5) is 16.1. The van der Waals surface area contributed by atoms with E-state index in [1.165, 1.54) is 16.7 Å². The van der Waals surface area contributed by atoms with Gasteiger partial charge in [-0.25, -0.2) is 14.2 Å². The van der Waals surface area contributed by atoms with E-state index in [4.69, 9.17) is 4.42 Å². The van der Waals surface area contributed by atoms with Crippen LogP contribution in [0.1, 0.15) is 18.5 Å². The summed E-state index contributed by atoms with van der Waals surface area (Å²) in [6, 6.07) is 15.9. The summed E-state index contributed by atoms with van der Waals surface area (Å²) in [6.45, 7) is 2.00. The molecule has 0 fully saturated rings. The van der Waals surface area contributed by atoms with Crippen molar-refractivity contribution in [2.24, 2.45) is 7.05 Å². The molecule has 1 N–H and O–H groups in total. The van der Waals surface area contributed by atoms with Crippen molar-refractivity contribution in [1.82, 2.24) is 9.55 Å². The minimum absolute atomic E-state index is 0.000699. The van der Waals surface area contributed by atoms with E-state index in [2.05, 4.69) is 10.3 Å². The maximum absolute atomic E-state index is 13.0. The number of benzene rings is 2. The van der Waals surface area contributed by atoms with Crippen LogP contribution < -0.4 is 11.1 Å². The molecule has 0 amide bonds. The Balaban J connectivity index is 1.56. The zero-order valence-electron chi connectivity index (χ0n) is 14.9. The maximum Gasteiger partial charge on any atom is 0.419 e. The van der Waals surface area contributed by atoms with Crippen LogP contribution in [0.15, 0.2) is 70.0 Å². The van der Waals surface area contributed by atoms with Crippen molar-refractivity contribution >= 4 is 16.9 Å². The fraction of sp³-hybridized carbons (Fsp3) is 0.143. The van der Waals surface area contributed by atoms with E-state index in [0.29, 0.717) is 5.58 Å². The molecule has 27 heavy (non-hydrogen) atoms. The monoisotopic (exact) mass is 363 g/mol.